The number of H-pyrrole nitrogens is 1. The number of aromatic nitrogens is 1. The molecule has 1 aliphatic heterocycles. The Morgan fingerprint density at radius 2 is 1.82 bits per heavy atom. The van der Waals surface area contributed by atoms with Crippen molar-refractivity contribution in [3.63, 3.8) is 0 Å². The Labute approximate surface area is 127 Å². The zero-order valence-electron chi connectivity index (χ0n) is 12.0. The summed E-state index contributed by atoms with van der Waals surface area (Å²) < 4.78 is 0. The number of primary amides is 2. The largest absolute Gasteiger partial charge is 0.369 e. The van der Waals surface area contributed by atoms with Crippen LogP contribution in [0.3, 0.4) is 0 Å². The van der Waals surface area contributed by atoms with Gasteiger partial charge in [-0.15, -0.1) is 0 Å². The molecule has 0 aromatic carbocycles. The number of likely N-dealkylation sites (tertiary alicyclic amines) is 1. The molecule has 2 unspecified atom stereocenters. The van der Waals surface area contributed by atoms with Gasteiger partial charge in [-0.25, -0.2) is 0 Å². The molecule has 0 bridgehead atoms. The highest BCUT2D eigenvalue weighted by molar-refractivity contribution is 5.96. The Bertz CT molecular complexity index is 614. The van der Waals surface area contributed by atoms with E-state index < -0.39 is 5.91 Å². The van der Waals surface area contributed by atoms with Crippen molar-refractivity contribution < 1.29 is 14.4 Å². The summed E-state index contributed by atoms with van der Waals surface area (Å²) >= 11 is 0. The van der Waals surface area contributed by atoms with Gasteiger partial charge >= 0.3 is 0 Å². The second-order valence-corrected chi connectivity index (χ2v) is 6.01. The molecule has 2 fully saturated rings. The summed E-state index contributed by atoms with van der Waals surface area (Å²) in [6.07, 6.45) is 0. The van der Waals surface area contributed by atoms with E-state index in [1.807, 2.05) is 0 Å². The van der Waals surface area contributed by atoms with Crippen LogP contribution in [0.1, 0.15) is 21.0 Å². The molecule has 8 heteroatoms. The van der Waals surface area contributed by atoms with Gasteiger partial charge in [-0.2, -0.15) is 0 Å². The first-order valence-electron chi connectivity index (χ1n) is 7.23. The van der Waals surface area contributed by atoms with Crippen LogP contribution in [-0.4, -0.2) is 53.8 Å². The van der Waals surface area contributed by atoms with E-state index in [4.69, 9.17) is 11.5 Å². The van der Waals surface area contributed by atoms with Crippen molar-refractivity contribution in [3.05, 3.63) is 23.5 Å². The number of fused-ring (bicyclic) bond motifs is 1. The average Bonchev–Trinajstić information content (AvgIpc) is 2.87. The van der Waals surface area contributed by atoms with Crippen LogP contribution in [0.25, 0.3) is 0 Å². The summed E-state index contributed by atoms with van der Waals surface area (Å²) in [5.74, 6) is 0.382. The Morgan fingerprint density at radius 1 is 1.18 bits per heavy atom. The Morgan fingerprint density at radius 3 is 2.36 bits per heavy atom. The molecule has 3 amide bonds. The highest BCUT2D eigenvalue weighted by Gasteiger charge is 2.55. The lowest BCUT2D eigenvalue weighted by atomic mass is 10.2. The van der Waals surface area contributed by atoms with Gasteiger partial charge in [0, 0.05) is 19.6 Å². The molecule has 1 saturated heterocycles. The van der Waals surface area contributed by atoms with Gasteiger partial charge in [0.15, 0.2) is 0 Å². The van der Waals surface area contributed by atoms with E-state index in [1.54, 1.807) is 0 Å². The molecule has 0 radical (unpaired) electrons. The van der Waals surface area contributed by atoms with Crippen LogP contribution in [0, 0.1) is 17.8 Å². The Hall–Kier alpha value is -2.35. The first-order chi connectivity index (χ1) is 10.5. The smallest absolute Gasteiger partial charge is 0.267 e. The van der Waals surface area contributed by atoms with Crippen molar-refractivity contribution in [2.75, 3.05) is 26.2 Å². The van der Waals surface area contributed by atoms with Gasteiger partial charge in [0.25, 0.3) is 11.8 Å². The first kappa shape index (κ1) is 14.6. The van der Waals surface area contributed by atoms with Crippen LogP contribution in [-0.2, 0) is 4.79 Å². The quantitative estimate of drug-likeness (QED) is 0.509. The predicted octanol–water partition coefficient (Wildman–Crippen LogP) is -1.49. The molecule has 1 aliphatic carbocycles. The molecule has 0 spiro atoms. The molecule has 2 atom stereocenters. The normalized spacial score (nSPS) is 26.5. The lowest BCUT2D eigenvalue weighted by Crippen LogP contribution is -2.35. The zero-order chi connectivity index (χ0) is 15.9. The van der Waals surface area contributed by atoms with E-state index in [0.717, 1.165) is 13.1 Å². The number of hydrogen-bond donors (Lipinski definition) is 4. The van der Waals surface area contributed by atoms with Crippen molar-refractivity contribution in [1.29, 1.82) is 0 Å². The number of nitrogens with zero attached hydrogens (tertiary/aromatic N) is 1. The fourth-order valence-electron chi connectivity index (χ4n) is 3.37. The highest BCUT2D eigenvalue weighted by atomic mass is 16.2. The van der Waals surface area contributed by atoms with Crippen molar-refractivity contribution in [3.8, 4) is 0 Å². The number of nitrogens with two attached hydrogens (primary N) is 2. The number of piperidine rings is 1. The summed E-state index contributed by atoms with van der Waals surface area (Å²) in [5.41, 5.74) is 10.9. The topological polar surface area (TPSA) is 134 Å². The Kier molecular flexibility index (Phi) is 3.61. The maximum atomic E-state index is 12.0. The molecule has 1 aromatic rings. The van der Waals surface area contributed by atoms with E-state index in [1.165, 1.54) is 12.1 Å². The number of hydrogen-bond acceptors (Lipinski definition) is 4. The van der Waals surface area contributed by atoms with Gasteiger partial charge in [-0.3, -0.25) is 19.3 Å². The minimum Gasteiger partial charge on any atom is -0.369 e. The van der Waals surface area contributed by atoms with Crippen molar-refractivity contribution in [2.45, 2.75) is 0 Å². The summed E-state index contributed by atoms with van der Waals surface area (Å²) in [6.45, 7) is 2.64. The second kappa shape index (κ2) is 5.45. The van der Waals surface area contributed by atoms with E-state index in [0.29, 0.717) is 36.5 Å². The number of carbonyl (C=O) groups is 3. The molecule has 2 aliphatic rings. The fraction of sp³-hybridized carbons (Fsp3) is 0.500. The van der Waals surface area contributed by atoms with E-state index in [-0.39, 0.29) is 17.5 Å². The highest BCUT2D eigenvalue weighted by Crippen LogP contribution is 2.51. The molecular formula is C14H19N5O3. The maximum Gasteiger partial charge on any atom is 0.267 e. The SMILES string of the molecule is NC(=O)CN1CC2C(CNC(=O)c3ccc(C(N)=O)[nH]3)C2C1. The number of carbonyl (C=O) groups excluding carboxylic acids is 3. The Balaban J connectivity index is 1.44. The van der Waals surface area contributed by atoms with Gasteiger partial charge < -0.3 is 21.8 Å². The van der Waals surface area contributed by atoms with Crippen LogP contribution in [0.4, 0.5) is 0 Å². The number of nitrogens with one attached hydrogen (secondary N) is 2. The lowest BCUT2D eigenvalue weighted by molar-refractivity contribution is -0.119. The third-order valence-corrected chi connectivity index (χ3v) is 4.52. The second-order valence-electron chi connectivity index (χ2n) is 6.01. The van der Waals surface area contributed by atoms with E-state index >= 15 is 0 Å². The van der Waals surface area contributed by atoms with Crippen LogP contribution in [0.5, 0.6) is 0 Å². The number of amides is 3. The minimum atomic E-state index is -0.592. The lowest BCUT2D eigenvalue weighted by Gasteiger charge is -2.17. The zero-order valence-corrected chi connectivity index (χ0v) is 12.0. The molecule has 118 valence electrons. The predicted molar refractivity (Wildman–Crippen MR) is 77.7 cm³/mol. The van der Waals surface area contributed by atoms with Crippen LogP contribution in [0.15, 0.2) is 12.1 Å². The summed E-state index contributed by atoms with van der Waals surface area (Å²) in [6, 6.07) is 3.03. The molecule has 22 heavy (non-hydrogen) atoms. The molecule has 1 saturated carbocycles. The first-order valence-corrected chi connectivity index (χ1v) is 7.23. The van der Waals surface area contributed by atoms with Crippen molar-refractivity contribution in [1.82, 2.24) is 15.2 Å². The molecule has 2 heterocycles. The number of rotatable bonds is 6. The van der Waals surface area contributed by atoms with Gasteiger partial charge in [-0.05, 0) is 29.9 Å². The minimum absolute atomic E-state index is 0.218. The third kappa shape index (κ3) is 2.82. The molecule has 1 aromatic heterocycles. The summed E-state index contributed by atoms with van der Waals surface area (Å²) in [7, 11) is 0. The van der Waals surface area contributed by atoms with Crippen LogP contribution >= 0.6 is 0 Å². The van der Waals surface area contributed by atoms with Gasteiger partial charge in [0.2, 0.25) is 5.91 Å². The number of aromatic amines is 1. The van der Waals surface area contributed by atoms with Gasteiger partial charge in [-0.1, -0.05) is 0 Å². The fourth-order valence-corrected chi connectivity index (χ4v) is 3.37. The molecular weight excluding hydrogens is 286 g/mol. The van der Waals surface area contributed by atoms with E-state index in [9.17, 15) is 14.4 Å². The van der Waals surface area contributed by atoms with E-state index in [2.05, 4.69) is 15.2 Å². The van der Waals surface area contributed by atoms with Crippen LogP contribution in [0.2, 0.25) is 0 Å². The standard InChI is InChI=1S/C14H19N5O3/c15-12(20)6-19-4-8-7(9(8)5-19)3-17-14(22)11-2-1-10(18-11)13(16)21/h1-2,7-9,18H,3-6H2,(H2,15,20)(H2,16,21)(H,17,22). The molecule has 3 rings (SSSR count). The monoisotopic (exact) mass is 305 g/mol. The molecule has 6 N–H and O–H groups in total. The third-order valence-electron chi connectivity index (χ3n) is 4.52. The maximum absolute atomic E-state index is 12.0. The van der Waals surface area contributed by atoms with Gasteiger partial charge in [0.05, 0.1) is 6.54 Å². The summed E-state index contributed by atoms with van der Waals surface area (Å²) in [5, 5.41) is 2.86. The molecule has 8 nitrogen and oxygen atoms in total. The average molecular weight is 305 g/mol. The van der Waals surface area contributed by atoms with Gasteiger partial charge in [0.1, 0.15) is 11.4 Å². The van der Waals surface area contributed by atoms with Crippen molar-refractivity contribution >= 4 is 17.7 Å². The summed E-state index contributed by atoms with van der Waals surface area (Å²) in [4.78, 5) is 38.6. The van der Waals surface area contributed by atoms with Crippen molar-refractivity contribution in [2.24, 2.45) is 29.2 Å². The van der Waals surface area contributed by atoms with Crippen LogP contribution < -0.4 is 16.8 Å².